The van der Waals surface area contributed by atoms with E-state index in [4.69, 9.17) is 0 Å². The molecule has 0 saturated carbocycles. The van der Waals surface area contributed by atoms with Crippen LogP contribution in [0.15, 0.2) is 24.4 Å². The number of nitrogens with zero attached hydrogens (tertiary/aromatic N) is 1. The summed E-state index contributed by atoms with van der Waals surface area (Å²) in [6.07, 6.45) is 1.78. The second-order valence-corrected chi connectivity index (χ2v) is 4.05. The maximum Gasteiger partial charge on any atom is 0.230 e. The summed E-state index contributed by atoms with van der Waals surface area (Å²) in [5.74, 6) is 0.665. The van der Waals surface area contributed by atoms with Crippen molar-refractivity contribution >= 4 is 17.7 Å². The minimum atomic E-state index is 0.122. The van der Waals surface area contributed by atoms with Gasteiger partial charge in [0.05, 0.1) is 16.7 Å². The highest BCUT2D eigenvalue weighted by Gasteiger charge is 2.20. The predicted molar refractivity (Wildman–Crippen MR) is 52.4 cm³/mol. The van der Waals surface area contributed by atoms with Crippen molar-refractivity contribution in [1.82, 2.24) is 10.3 Å². The molecule has 1 aromatic heterocycles. The van der Waals surface area contributed by atoms with Crippen LogP contribution < -0.4 is 5.32 Å². The minimum Gasteiger partial charge on any atom is -0.354 e. The lowest BCUT2D eigenvalue weighted by Gasteiger charge is -2.21. The normalized spacial score (nSPS) is 22.5. The first-order valence-corrected chi connectivity index (χ1v) is 5.20. The molecule has 1 amide bonds. The molecule has 1 N–H and O–H groups in total. The molecule has 2 rings (SSSR count). The maximum absolute atomic E-state index is 10.9. The van der Waals surface area contributed by atoms with Crippen LogP contribution in [0, 0.1) is 0 Å². The van der Waals surface area contributed by atoms with Gasteiger partial charge in [-0.25, -0.2) is 0 Å². The Balaban J connectivity index is 2.07. The Morgan fingerprint density at radius 1 is 1.54 bits per heavy atom. The molecule has 1 atom stereocenters. The molecule has 13 heavy (non-hydrogen) atoms. The third kappa shape index (κ3) is 2.01. The first-order chi connectivity index (χ1) is 6.36. The molecule has 68 valence electrons. The number of nitrogens with one attached hydrogen (secondary N) is 1. The van der Waals surface area contributed by atoms with Crippen molar-refractivity contribution in [2.75, 3.05) is 12.3 Å². The number of carbonyl (C=O) groups excluding carboxylic acids is 1. The van der Waals surface area contributed by atoms with Gasteiger partial charge in [-0.3, -0.25) is 9.78 Å². The van der Waals surface area contributed by atoms with Gasteiger partial charge in [-0.15, -0.1) is 11.8 Å². The van der Waals surface area contributed by atoms with E-state index in [1.807, 2.05) is 18.2 Å². The standard InChI is InChI=1S/C9H10N2OS/c12-9-6-13-8(5-11-9)7-3-1-2-4-10-7/h1-4,8H,5-6H2,(H,11,12). The van der Waals surface area contributed by atoms with Gasteiger partial charge >= 0.3 is 0 Å². The highest BCUT2D eigenvalue weighted by atomic mass is 32.2. The maximum atomic E-state index is 10.9. The van der Waals surface area contributed by atoms with Crippen LogP contribution in [0.2, 0.25) is 0 Å². The third-order valence-electron chi connectivity index (χ3n) is 1.92. The Hall–Kier alpha value is -1.03. The summed E-state index contributed by atoms with van der Waals surface area (Å²) in [4.78, 5) is 15.1. The minimum absolute atomic E-state index is 0.122. The average molecular weight is 194 g/mol. The van der Waals surface area contributed by atoms with Gasteiger partial charge in [0.2, 0.25) is 5.91 Å². The number of aromatic nitrogens is 1. The van der Waals surface area contributed by atoms with Crippen molar-refractivity contribution in [3.8, 4) is 0 Å². The Bertz CT molecular complexity index is 292. The monoisotopic (exact) mass is 194 g/mol. The summed E-state index contributed by atoms with van der Waals surface area (Å²) in [5, 5.41) is 3.15. The van der Waals surface area contributed by atoms with E-state index in [0.29, 0.717) is 17.5 Å². The van der Waals surface area contributed by atoms with E-state index in [1.54, 1.807) is 18.0 Å². The molecule has 1 aromatic rings. The Labute approximate surface area is 80.9 Å². The van der Waals surface area contributed by atoms with Crippen LogP contribution in [-0.4, -0.2) is 23.2 Å². The molecular formula is C9H10N2OS. The largest absolute Gasteiger partial charge is 0.354 e. The van der Waals surface area contributed by atoms with Crippen LogP contribution >= 0.6 is 11.8 Å². The van der Waals surface area contributed by atoms with Crippen LogP contribution in [0.5, 0.6) is 0 Å². The number of carbonyl (C=O) groups is 1. The number of hydrogen-bond donors (Lipinski definition) is 1. The third-order valence-corrected chi connectivity index (χ3v) is 3.16. The zero-order valence-corrected chi connectivity index (χ0v) is 7.88. The SMILES string of the molecule is O=C1CSC(c2ccccn2)CN1. The zero-order chi connectivity index (χ0) is 9.10. The van der Waals surface area contributed by atoms with E-state index in [0.717, 1.165) is 5.69 Å². The van der Waals surface area contributed by atoms with E-state index in [1.165, 1.54) is 0 Å². The summed E-state index contributed by atoms with van der Waals surface area (Å²) in [6, 6.07) is 5.87. The van der Waals surface area contributed by atoms with Crippen molar-refractivity contribution in [3.05, 3.63) is 30.1 Å². The van der Waals surface area contributed by atoms with Crippen LogP contribution in [0.1, 0.15) is 10.9 Å². The summed E-state index contributed by atoms with van der Waals surface area (Å²) < 4.78 is 0. The van der Waals surface area contributed by atoms with Gasteiger partial charge in [-0.1, -0.05) is 6.07 Å². The van der Waals surface area contributed by atoms with E-state index in [-0.39, 0.29) is 5.91 Å². The molecule has 4 heteroatoms. The molecule has 1 unspecified atom stereocenters. The first-order valence-electron chi connectivity index (χ1n) is 4.15. The van der Waals surface area contributed by atoms with Crippen LogP contribution in [-0.2, 0) is 4.79 Å². The smallest absolute Gasteiger partial charge is 0.230 e. The van der Waals surface area contributed by atoms with Gasteiger partial charge < -0.3 is 5.32 Å². The van der Waals surface area contributed by atoms with Gasteiger partial charge in [0.1, 0.15) is 0 Å². The van der Waals surface area contributed by atoms with E-state index >= 15 is 0 Å². The highest BCUT2D eigenvalue weighted by Crippen LogP contribution is 2.28. The highest BCUT2D eigenvalue weighted by molar-refractivity contribution is 8.00. The van der Waals surface area contributed by atoms with Crippen LogP contribution in [0.4, 0.5) is 0 Å². The predicted octanol–water partition coefficient (Wildman–Crippen LogP) is 0.986. The van der Waals surface area contributed by atoms with E-state index in [2.05, 4.69) is 10.3 Å². The molecule has 0 bridgehead atoms. The van der Waals surface area contributed by atoms with Crippen LogP contribution in [0.25, 0.3) is 0 Å². The quantitative estimate of drug-likeness (QED) is 0.724. The van der Waals surface area contributed by atoms with Crippen LogP contribution in [0.3, 0.4) is 0 Å². The fraction of sp³-hybridized carbons (Fsp3) is 0.333. The van der Waals surface area contributed by atoms with Crippen molar-refractivity contribution < 1.29 is 4.79 Å². The van der Waals surface area contributed by atoms with Crippen molar-refractivity contribution in [2.45, 2.75) is 5.25 Å². The lowest BCUT2D eigenvalue weighted by molar-refractivity contribution is -0.118. The lowest BCUT2D eigenvalue weighted by atomic mass is 10.2. The molecular weight excluding hydrogens is 184 g/mol. The number of hydrogen-bond acceptors (Lipinski definition) is 3. The van der Waals surface area contributed by atoms with Crippen molar-refractivity contribution in [3.63, 3.8) is 0 Å². The summed E-state index contributed by atoms with van der Waals surface area (Å²) in [5.41, 5.74) is 1.05. The van der Waals surface area contributed by atoms with Gasteiger partial charge in [-0.2, -0.15) is 0 Å². The molecule has 1 fully saturated rings. The van der Waals surface area contributed by atoms with Gasteiger partial charge in [0.15, 0.2) is 0 Å². The molecule has 0 radical (unpaired) electrons. The van der Waals surface area contributed by atoms with Crippen molar-refractivity contribution in [1.29, 1.82) is 0 Å². The molecule has 0 aromatic carbocycles. The first kappa shape index (κ1) is 8.56. The molecule has 2 heterocycles. The summed E-state index contributed by atoms with van der Waals surface area (Å²) in [6.45, 7) is 0.695. The fourth-order valence-corrected chi connectivity index (χ4v) is 2.22. The Morgan fingerprint density at radius 3 is 3.08 bits per heavy atom. The molecule has 1 aliphatic rings. The van der Waals surface area contributed by atoms with Crippen molar-refractivity contribution in [2.24, 2.45) is 0 Å². The van der Waals surface area contributed by atoms with E-state index in [9.17, 15) is 4.79 Å². The zero-order valence-electron chi connectivity index (χ0n) is 7.06. The lowest BCUT2D eigenvalue weighted by Crippen LogP contribution is -2.34. The average Bonchev–Trinajstić information content (AvgIpc) is 2.20. The fourth-order valence-electron chi connectivity index (χ4n) is 1.25. The van der Waals surface area contributed by atoms with Gasteiger partial charge in [-0.05, 0) is 12.1 Å². The molecule has 1 saturated heterocycles. The molecule has 1 aliphatic heterocycles. The Kier molecular flexibility index (Phi) is 2.49. The second kappa shape index (κ2) is 3.79. The second-order valence-electron chi connectivity index (χ2n) is 2.86. The Morgan fingerprint density at radius 2 is 2.46 bits per heavy atom. The molecule has 0 aliphatic carbocycles. The number of thioether (sulfide) groups is 1. The number of pyridine rings is 1. The molecule has 3 nitrogen and oxygen atoms in total. The molecule has 0 spiro atoms. The summed E-state index contributed by atoms with van der Waals surface area (Å²) in [7, 11) is 0. The summed E-state index contributed by atoms with van der Waals surface area (Å²) >= 11 is 1.65. The topological polar surface area (TPSA) is 42.0 Å². The number of amides is 1. The van der Waals surface area contributed by atoms with E-state index < -0.39 is 0 Å². The van der Waals surface area contributed by atoms with Gasteiger partial charge in [0.25, 0.3) is 0 Å². The number of rotatable bonds is 1. The van der Waals surface area contributed by atoms with Gasteiger partial charge in [0, 0.05) is 12.7 Å².